The Morgan fingerprint density at radius 1 is 1.11 bits per heavy atom. The number of halogens is 1. The predicted molar refractivity (Wildman–Crippen MR) is 105 cm³/mol. The number of nitrogens with zero attached hydrogens (tertiary/aromatic N) is 2. The van der Waals surface area contributed by atoms with Crippen LogP contribution < -0.4 is 10.5 Å². The van der Waals surface area contributed by atoms with Gasteiger partial charge in [-0.15, -0.1) is 0 Å². The van der Waals surface area contributed by atoms with Gasteiger partial charge < -0.3 is 5.73 Å². The summed E-state index contributed by atoms with van der Waals surface area (Å²) in [5, 5.41) is 5.55. The molecule has 0 bridgehead atoms. The molecule has 1 aromatic heterocycles. The largest absolute Gasteiger partial charge is 0.364 e. The van der Waals surface area contributed by atoms with Crippen molar-refractivity contribution in [1.29, 1.82) is 0 Å². The van der Waals surface area contributed by atoms with Crippen molar-refractivity contribution in [3.05, 3.63) is 82.5 Å². The first-order valence-corrected chi connectivity index (χ1v) is 9.68. The lowest BCUT2D eigenvalue weighted by atomic mass is 10.2. The van der Waals surface area contributed by atoms with Gasteiger partial charge in [0, 0.05) is 16.9 Å². The standard InChI is InChI=1S/C18H15ClN4O3S/c19-16-4-2-1-3-13(16)10-12-27(25,26)22-14-5-7-15(8-6-14)23-11-9-17(21-23)18(20)24/h1-12,22H,(H2,20,24)/b12-10+. The van der Waals surface area contributed by atoms with Crippen LogP contribution in [0.15, 0.2) is 66.2 Å². The Bertz CT molecular complexity index is 1110. The van der Waals surface area contributed by atoms with Gasteiger partial charge in [-0.3, -0.25) is 9.52 Å². The van der Waals surface area contributed by atoms with Gasteiger partial charge in [-0.2, -0.15) is 5.10 Å². The lowest BCUT2D eigenvalue weighted by molar-refractivity contribution is 0.0995. The fourth-order valence-corrected chi connectivity index (χ4v) is 3.31. The van der Waals surface area contributed by atoms with E-state index in [9.17, 15) is 13.2 Å². The van der Waals surface area contributed by atoms with Crippen molar-refractivity contribution in [3.63, 3.8) is 0 Å². The molecule has 0 radical (unpaired) electrons. The van der Waals surface area contributed by atoms with Crippen molar-refractivity contribution in [2.75, 3.05) is 4.72 Å². The van der Waals surface area contributed by atoms with Crippen LogP contribution in [-0.4, -0.2) is 24.1 Å². The number of amides is 1. The van der Waals surface area contributed by atoms with Crippen molar-refractivity contribution < 1.29 is 13.2 Å². The molecule has 1 heterocycles. The molecule has 0 aliphatic carbocycles. The van der Waals surface area contributed by atoms with Crippen LogP contribution in [0.4, 0.5) is 5.69 Å². The summed E-state index contributed by atoms with van der Waals surface area (Å²) >= 11 is 6.01. The first-order chi connectivity index (χ1) is 12.8. The molecule has 0 aliphatic heterocycles. The molecule has 3 N–H and O–H groups in total. The second kappa shape index (κ2) is 7.65. The number of rotatable bonds is 6. The molecular formula is C18H15ClN4O3S. The van der Waals surface area contributed by atoms with E-state index in [-0.39, 0.29) is 5.69 Å². The molecule has 1 amide bonds. The van der Waals surface area contributed by atoms with Crippen molar-refractivity contribution >= 4 is 39.3 Å². The van der Waals surface area contributed by atoms with Crippen LogP contribution in [-0.2, 0) is 10.0 Å². The minimum Gasteiger partial charge on any atom is -0.364 e. The molecule has 27 heavy (non-hydrogen) atoms. The van der Waals surface area contributed by atoms with Gasteiger partial charge in [-0.05, 0) is 48.0 Å². The van der Waals surface area contributed by atoms with Gasteiger partial charge in [-0.1, -0.05) is 29.8 Å². The monoisotopic (exact) mass is 402 g/mol. The van der Waals surface area contributed by atoms with E-state index >= 15 is 0 Å². The number of primary amides is 1. The van der Waals surface area contributed by atoms with E-state index in [4.69, 9.17) is 17.3 Å². The molecule has 0 fully saturated rings. The Morgan fingerprint density at radius 2 is 1.81 bits per heavy atom. The van der Waals surface area contributed by atoms with E-state index in [0.29, 0.717) is 22.0 Å². The fourth-order valence-electron chi connectivity index (χ4n) is 2.25. The molecule has 0 unspecified atom stereocenters. The molecule has 3 rings (SSSR count). The highest BCUT2D eigenvalue weighted by Gasteiger charge is 2.08. The molecule has 2 aromatic carbocycles. The predicted octanol–water partition coefficient (Wildman–Crippen LogP) is 3.04. The number of hydrogen-bond donors (Lipinski definition) is 2. The van der Waals surface area contributed by atoms with Crippen molar-refractivity contribution in [2.24, 2.45) is 5.73 Å². The molecule has 9 heteroatoms. The van der Waals surface area contributed by atoms with Crippen molar-refractivity contribution in [2.45, 2.75) is 0 Å². The fraction of sp³-hybridized carbons (Fsp3) is 0. The van der Waals surface area contributed by atoms with E-state index in [1.807, 2.05) is 0 Å². The summed E-state index contributed by atoms with van der Waals surface area (Å²) in [6, 6.07) is 14.9. The summed E-state index contributed by atoms with van der Waals surface area (Å²) < 4.78 is 28.3. The summed E-state index contributed by atoms with van der Waals surface area (Å²) in [5.74, 6) is -0.622. The zero-order chi connectivity index (χ0) is 19.4. The number of benzene rings is 2. The average molecular weight is 403 g/mol. The lowest BCUT2D eigenvalue weighted by Gasteiger charge is -2.06. The Labute approximate surface area is 161 Å². The first-order valence-electron chi connectivity index (χ1n) is 7.75. The van der Waals surface area contributed by atoms with E-state index < -0.39 is 15.9 Å². The third-order valence-electron chi connectivity index (χ3n) is 3.57. The topological polar surface area (TPSA) is 107 Å². The smallest absolute Gasteiger partial charge is 0.269 e. The Morgan fingerprint density at radius 3 is 2.44 bits per heavy atom. The normalized spacial score (nSPS) is 11.6. The van der Waals surface area contributed by atoms with Crippen LogP contribution in [0.25, 0.3) is 11.8 Å². The lowest BCUT2D eigenvalue weighted by Crippen LogP contribution is -2.12. The van der Waals surface area contributed by atoms with Gasteiger partial charge in [0.1, 0.15) is 5.69 Å². The molecule has 0 aliphatic rings. The number of carbonyl (C=O) groups excluding carboxylic acids is 1. The van der Waals surface area contributed by atoms with Crippen LogP contribution in [0.1, 0.15) is 16.1 Å². The Hall–Kier alpha value is -3.10. The molecule has 7 nitrogen and oxygen atoms in total. The summed E-state index contributed by atoms with van der Waals surface area (Å²) in [6.07, 6.45) is 3.01. The summed E-state index contributed by atoms with van der Waals surface area (Å²) in [6.45, 7) is 0. The molecule has 0 atom stereocenters. The van der Waals surface area contributed by atoms with Crippen LogP contribution in [0.3, 0.4) is 0 Å². The van der Waals surface area contributed by atoms with Gasteiger partial charge in [0.15, 0.2) is 0 Å². The third kappa shape index (κ3) is 4.75. The van der Waals surface area contributed by atoms with Gasteiger partial charge in [0.2, 0.25) is 0 Å². The van der Waals surface area contributed by atoms with E-state index in [0.717, 1.165) is 5.41 Å². The van der Waals surface area contributed by atoms with Crippen molar-refractivity contribution in [3.8, 4) is 5.69 Å². The maximum absolute atomic E-state index is 12.2. The van der Waals surface area contributed by atoms with Crippen molar-refractivity contribution in [1.82, 2.24) is 9.78 Å². The van der Waals surface area contributed by atoms with Crippen LogP contribution in [0.2, 0.25) is 5.02 Å². The SMILES string of the molecule is NC(=O)c1ccn(-c2ccc(NS(=O)(=O)/C=C/c3ccccc3Cl)cc2)n1. The van der Waals surface area contributed by atoms with Crippen LogP contribution >= 0.6 is 11.6 Å². The number of hydrogen-bond acceptors (Lipinski definition) is 4. The van der Waals surface area contributed by atoms with E-state index in [1.165, 1.54) is 16.8 Å². The minimum absolute atomic E-state index is 0.143. The maximum Gasteiger partial charge on any atom is 0.269 e. The quantitative estimate of drug-likeness (QED) is 0.660. The van der Waals surface area contributed by atoms with Crippen LogP contribution in [0.5, 0.6) is 0 Å². The summed E-state index contributed by atoms with van der Waals surface area (Å²) in [4.78, 5) is 11.1. The summed E-state index contributed by atoms with van der Waals surface area (Å²) in [7, 11) is -3.71. The second-order valence-corrected chi connectivity index (χ2v) is 7.50. The molecule has 0 spiro atoms. The zero-order valence-corrected chi connectivity index (χ0v) is 15.5. The number of nitrogens with one attached hydrogen (secondary N) is 1. The molecular weight excluding hydrogens is 388 g/mol. The first kappa shape index (κ1) is 18.7. The van der Waals surface area contributed by atoms with Gasteiger partial charge in [0.05, 0.1) is 11.1 Å². The molecule has 0 saturated carbocycles. The number of carbonyl (C=O) groups is 1. The van der Waals surface area contributed by atoms with Gasteiger partial charge >= 0.3 is 0 Å². The molecule has 0 saturated heterocycles. The van der Waals surface area contributed by atoms with E-state index in [1.54, 1.807) is 54.7 Å². The highest BCUT2D eigenvalue weighted by molar-refractivity contribution is 7.95. The van der Waals surface area contributed by atoms with E-state index in [2.05, 4.69) is 9.82 Å². The number of aromatic nitrogens is 2. The number of nitrogens with two attached hydrogens (primary N) is 1. The molecule has 3 aromatic rings. The van der Waals surface area contributed by atoms with Crippen LogP contribution in [0, 0.1) is 0 Å². The van der Waals surface area contributed by atoms with Gasteiger partial charge in [0.25, 0.3) is 15.9 Å². The third-order valence-corrected chi connectivity index (χ3v) is 4.92. The maximum atomic E-state index is 12.2. The Balaban J connectivity index is 1.73. The van der Waals surface area contributed by atoms with Gasteiger partial charge in [-0.25, -0.2) is 13.1 Å². The minimum atomic E-state index is -3.71. The number of anilines is 1. The summed E-state index contributed by atoms with van der Waals surface area (Å²) in [5.41, 5.74) is 6.95. The zero-order valence-electron chi connectivity index (χ0n) is 13.9. The highest BCUT2D eigenvalue weighted by atomic mass is 35.5. The Kier molecular flexibility index (Phi) is 5.29. The second-order valence-electron chi connectivity index (χ2n) is 5.53. The average Bonchev–Trinajstić information content (AvgIpc) is 3.12. The molecule has 138 valence electrons. The number of sulfonamides is 1. The highest BCUT2D eigenvalue weighted by Crippen LogP contribution is 2.18.